The highest BCUT2D eigenvalue weighted by Gasteiger charge is 2.10. The molecule has 2 rings (SSSR count). The van der Waals surface area contributed by atoms with Crippen molar-refractivity contribution in [2.24, 2.45) is 5.73 Å². The second kappa shape index (κ2) is 6.76. The summed E-state index contributed by atoms with van der Waals surface area (Å²) in [5.41, 5.74) is 8.40. The summed E-state index contributed by atoms with van der Waals surface area (Å²) in [6, 6.07) is 13.8. The third kappa shape index (κ3) is 4.22. The highest BCUT2D eigenvalue weighted by molar-refractivity contribution is 9.10. The lowest BCUT2D eigenvalue weighted by Crippen LogP contribution is -2.25. The maximum atomic E-state index is 6.19. The molecule has 0 bridgehead atoms. The molecule has 2 aromatic carbocycles. The summed E-state index contributed by atoms with van der Waals surface area (Å²) in [4.78, 5) is 0. The first-order chi connectivity index (χ1) is 9.06. The Bertz CT molecular complexity index is 572. The van der Waals surface area contributed by atoms with Crippen molar-refractivity contribution in [2.75, 3.05) is 0 Å². The van der Waals surface area contributed by atoms with Crippen LogP contribution in [0.3, 0.4) is 0 Å². The number of nitrogens with two attached hydrogens (primary N) is 1. The quantitative estimate of drug-likeness (QED) is 0.828. The van der Waals surface area contributed by atoms with Gasteiger partial charge in [-0.2, -0.15) is 0 Å². The van der Waals surface area contributed by atoms with E-state index >= 15 is 0 Å². The Balaban J connectivity index is 2.05. The van der Waals surface area contributed by atoms with Crippen molar-refractivity contribution in [1.82, 2.24) is 0 Å². The van der Waals surface area contributed by atoms with Gasteiger partial charge in [-0.05, 0) is 42.2 Å². The van der Waals surface area contributed by atoms with Gasteiger partial charge >= 0.3 is 0 Å². The second-order valence-electron chi connectivity index (χ2n) is 4.51. The SMILES string of the molecule is NC(Cc1cccc(Br)c1)Cc1cccc(Cl)c1Cl. The van der Waals surface area contributed by atoms with Crippen LogP contribution in [0, 0.1) is 0 Å². The molecule has 2 aromatic rings. The number of rotatable bonds is 4. The largest absolute Gasteiger partial charge is 0.327 e. The van der Waals surface area contributed by atoms with Gasteiger partial charge in [-0.3, -0.25) is 0 Å². The zero-order valence-electron chi connectivity index (χ0n) is 10.2. The van der Waals surface area contributed by atoms with Crippen LogP contribution in [0.25, 0.3) is 0 Å². The van der Waals surface area contributed by atoms with Crippen molar-refractivity contribution in [3.63, 3.8) is 0 Å². The average Bonchev–Trinajstić information content (AvgIpc) is 2.35. The van der Waals surface area contributed by atoms with Gasteiger partial charge in [0.25, 0.3) is 0 Å². The van der Waals surface area contributed by atoms with Crippen LogP contribution in [0.5, 0.6) is 0 Å². The summed E-state index contributed by atoms with van der Waals surface area (Å²) >= 11 is 15.6. The van der Waals surface area contributed by atoms with Crippen molar-refractivity contribution < 1.29 is 0 Å². The zero-order chi connectivity index (χ0) is 13.8. The molecule has 0 saturated heterocycles. The molecule has 100 valence electrons. The lowest BCUT2D eigenvalue weighted by Gasteiger charge is -2.13. The molecule has 0 aromatic heterocycles. The molecule has 0 heterocycles. The van der Waals surface area contributed by atoms with E-state index in [4.69, 9.17) is 28.9 Å². The van der Waals surface area contributed by atoms with Crippen LogP contribution < -0.4 is 5.73 Å². The van der Waals surface area contributed by atoms with E-state index in [0.29, 0.717) is 16.5 Å². The van der Waals surface area contributed by atoms with E-state index in [1.165, 1.54) is 5.56 Å². The molecule has 0 amide bonds. The van der Waals surface area contributed by atoms with E-state index < -0.39 is 0 Å². The molecule has 0 aliphatic rings. The van der Waals surface area contributed by atoms with Crippen LogP contribution in [0.2, 0.25) is 10.0 Å². The van der Waals surface area contributed by atoms with Crippen molar-refractivity contribution in [2.45, 2.75) is 18.9 Å². The molecule has 19 heavy (non-hydrogen) atoms. The van der Waals surface area contributed by atoms with Crippen molar-refractivity contribution >= 4 is 39.1 Å². The summed E-state index contributed by atoms with van der Waals surface area (Å²) < 4.78 is 1.07. The summed E-state index contributed by atoms with van der Waals surface area (Å²) in [6.07, 6.45) is 1.52. The third-order valence-corrected chi connectivity index (χ3v) is 4.25. The first-order valence-corrected chi connectivity index (χ1v) is 7.54. The molecule has 0 saturated carbocycles. The van der Waals surface area contributed by atoms with Gasteiger partial charge in [-0.1, -0.05) is 63.4 Å². The van der Waals surface area contributed by atoms with E-state index in [0.717, 1.165) is 16.5 Å². The zero-order valence-corrected chi connectivity index (χ0v) is 13.3. The summed E-state index contributed by atoms with van der Waals surface area (Å²) in [5.74, 6) is 0. The molecule has 0 radical (unpaired) electrons. The molecular formula is C15H14BrCl2N. The van der Waals surface area contributed by atoms with E-state index in [-0.39, 0.29) is 6.04 Å². The average molecular weight is 359 g/mol. The monoisotopic (exact) mass is 357 g/mol. The Morgan fingerprint density at radius 3 is 2.53 bits per heavy atom. The van der Waals surface area contributed by atoms with Crippen molar-refractivity contribution in [1.29, 1.82) is 0 Å². The first kappa shape index (κ1) is 14.9. The number of benzene rings is 2. The second-order valence-corrected chi connectivity index (χ2v) is 6.21. The van der Waals surface area contributed by atoms with Gasteiger partial charge in [0.2, 0.25) is 0 Å². The van der Waals surface area contributed by atoms with Crippen LogP contribution in [0.15, 0.2) is 46.9 Å². The molecule has 1 unspecified atom stereocenters. The molecule has 1 nitrogen and oxygen atoms in total. The Morgan fingerprint density at radius 2 is 1.79 bits per heavy atom. The van der Waals surface area contributed by atoms with Gasteiger partial charge in [0.1, 0.15) is 0 Å². The highest BCUT2D eigenvalue weighted by atomic mass is 79.9. The first-order valence-electron chi connectivity index (χ1n) is 5.99. The standard InChI is InChI=1S/C15H14BrCl2N/c16-12-5-1-3-10(7-12)8-13(19)9-11-4-2-6-14(17)15(11)18/h1-7,13H,8-9,19H2. The summed E-state index contributed by atoms with van der Waals surface area (Å²) in [7, 11) is 0. The van der Waals surface area contributed by atoms with Gasteiger partial charge in [0, 0.05) is 10.5 Å². The maximum absolute atomic E-state index is 6.19. The fraction of sp³-hybridized carbons (Fsp3) is 0.200. The van der Waals surface area contributed by atoms with Gasteiger partial charge in [0.05, 0.1) is 10.0 Å². The Kier molecular flexibility index (Phi) is 5.28. The maximum Gasteiger partial charge on any atom is 0.0624 e. The van der Waals surface area contributed by atoms with Crippen LogP contribution in [0.4, 0.5) is 0 Å². The molecule has 0 aliphatic carbocycles. The van der Waals surface area contributed by atoms with Crippen LogP contribution >= 0.6 is 39.1 Å². The van der Waals surface area contributed by atoms with E-state index in [1.807, 2.05) is 24.3 Å². The number of hydrogen-bond donors (Lipinski definition) is 1. The highest BCUT2D eigenvalue weighted by Crippen LogP contribution is 2.26. The Hall–Kier alpha value is -0.540. The van der Waals surface area contributed by atoms with Crippen molar-refractivity contribution in [3.05, 3.63) is 68.1 Å². The van der Waals surface area contributed by atoms with Crippen LogP contribution in [0.1, 0.15) is 11.1 Å². The minimum atomic E-state index is 0.0188. The fourth-order valence-electron chi connectivity index (χ4n) is 2.03. The number of halogens is 3. The normalized spacial score (nSPS) is 12.4. The molecule has 0 fully saturated rings. The molecule has 0 spiro atoms. The van der Waals surface area contributed by atoms with Gasteiger partial charge < -0.3 is 5.73 Å². The number of hydrogen-bond acceptors (Lipinski definition) is 1. The minimum Gasteiger partial charge on any atom is -0.327 e. The third-order valence-electron chi connectivity index (χ3n) is 2.90. The molecule has 1 atom stereocenters. The summed E-state index contributed by atoms with van der Waals surface area (Å²) in [6.45, 7) is 0. The Morgan fingerprint density at radius 1 is 1.05 bits per heavy atom. The van der Waals surface area contributed by atoms with Gasteiger partial charge in [0.15, 0.2) is 0 Å². The molecule has 4 heteroatoms. The van der Waals surface area contributed by atoms with Crippen LogP contribution in [-0.2, 0) is 12.8 Å². The topological polar surface area (TPSA) is 26.0 Å². The van der Waals surface area contributed by atoms with Gasteiger partial charge in [-0.25, -0.2) is 0 Å². The lowest BCUT2D eigenvalue weighted by atomic mass is 10.00. The van der Waals surface area contributed by atoms with Crippen molar-refractivity contribution in [3.8, 4) is 0 Å². The minimum absolute atomic E-state index is 0.0188. The lowest BCUT2D eigenvalue weighted by molar-refractivity contribution is 0.665. The predicted molar refractivity (Wildman–Crippen MR) is 86.0 cm³/mol. The predicted octanol–water partition coefficient (Wildman–Crippen LogP) is 4.87. The smallest absolute Gasteiger partial charge is 0.0624 e. The van der Waals surface area contributed by atoms with Gasteiger partial charge in [-0.15, -0.1) is 0 Å². The fourth-order valence-corrected chi connectivity index (χ4v) is 2.87. The van der Waals surface area contributed by atoms with E-state index in [9.17, 15) is 0 Å². The molecule has 0 aliphatic heterocycles. The molecule has 2 N–H and O–H groups in total. The van der Waals surface area contributed by atoms with E-state index in [1.54, 1.807) is 6.07 Å². The summed E-state index contributed by atoms with van der Waals surface area (Å²) in [5, 5.41) is 1.18. The Labute approximate surface area is 131 Å². The van der Waals surface area contributed by atoms with Crippen LogP contribution in [-0.4, -0.2) is 6.04 Å². The molecular weight excluding hydrogens is 345 g/mol. The van der Waals surface area contributed by atoms with E-state index in [2.05, 4.69) is 28.1 Å².